The largest absolute Gasteiger partial charge is 0.462 e. The van der Waals surface area contributed by atoms with Crippen LogP contribution >= 0.6 is 22.9 Å². The Balaban J connectivity index is 1.39. The van der Waals surface area contributed by atoms with Gasteiger partial charge in [-0.1, -0.05) is 29.2 Å². The summed E-state index contributed by atoms with van der Waals surface area (Å²) >= 11 is 2.78. The van der Waals surface area contributed by atoms with E-state index >= 15 is 0 Å². The second-order valence-corrected chi connectivity index (χ2v) is 8.05. The van der Waals surface area contributed by atoms with Crippen molar-refractivity contribution in [1.82, 2.24) is 24.7 Å². The molecule has 0 saturated carbocycles. The SMILES string of the molecule is CCCc1nnsc1C(=O)N1CCC(c2nnc(-c3ccco3)s2)CC1. The average molecular weight is 390 g/mol. The number of likely N-dealkylation sites (tertiary alicyclic amines) is 1. The summed E-state index contributed by atoms with van der Waals surface area (Å²) in [5, 5.41) is 14.5. The van der Waals surface area contributed by atoms with Crippen LogP contribution in [0.25, 0.3) is 10.8 Å². The Hall–Kier alpha value is -2.13. The highest BCUT2D eigenvalue weighted by atomic mass is 32.1. The van der Waals surface area contributed by atoms with E-state index in [-0.39, 0.29) is 5.91 Å². The van der Waals surface area contributed by atoms with Crippen LogP contribution in [-0.4, -0.2) is 43.7 Å². The third kappa shape index (κ3) is 3.41. The fraction of sp³-hybridized carbons (Fsp3) is 0.471. The van der Waals surface area contributed by atoms with Crippen molar-refractivity contribution < 1.29 is 9.21 Å². The summed E-state index contributed by atoms with van der Waals surface area (Å²) in [6.07, 6.45) is 5.19. The fourth-order valence-electron chi connectivity index (χ4n) is 3.14. The van der Waals surface area contributed by atoms with Gasteiger partial charge in [-0.15, -0.1) is 15.3 Å². The second-order valence-electron chi connectivity index (χ2n) is 6.29. The molecule has 4 heterocycles. The van der Waals surface area contributed by atoms with Gasteiger partial charge in [-0.3, -0.25) is 4.79 Å². The third-order valence-electron chi connectivity index (χ3n) is 4.54. The van der Waals surface area contributed by atoms with Gasteiger partial charge in [0.2, 0.25) is 0 Å². The van der Waals surface area contributed by atoms with Gasteiger partial charge in [-0.2, -0.15) is 0 Å². The van der Waals surface area contributed by atoms with Gasteiger partial charge in [0.05, 0.1) is 12.0 Å². The number of hydrogen-bond acceptors (Lipinski definition) is 8. The second kappa shape index (κ2) is 7.63. The molecular formula is C17H19N5O2S2. The maximum Gasteiger partial charge on any atom is 0.267 e. The number of aromatic nitrogens is 4. The van der Waals surface area contributed by atoms with Crippen molar-refractivity contribution >= 4 is 28.8 Å². The van der Waals surface area contributed by atoms with Crippen LogP contribution in [0.15, 0.2) is 22.8 Å². The number of carbonyl (C=O) groups excluding carboxylic acids is 1. The van der Waals surface area contributed by atoms with E-state index in [1.807, 2.05) is 17.0 Å². The Morgan fingerprint density at radius 3 is 2.88 bits per heavy atom. The monoisotopic (exact) mass is 389 g/mol. The highest BCUT2D eigenvalue weighted by Crippen LogP contribution is 2.34. The molecule has 1 fully saturated rings. The van der Waals surface area contributed by atoms with E-state index in [2.05, 4.69) is 26.7 Å². The first-order chi connectivity index (χ1) is 12.8. The Morgan fingerprint density at radius 1 is 1.31 bits per heavy atom. The highest BCUT2D eigenvalue weighted by molar-refractivity contribution is 7.14. The van der Waals surface area contributed by atoms with E-state index in [4.69, 9.17) is 4.42 Å². The van der Waals surface area contributed by atoms with Crippen LogP contribution in [0.1, 0.15) is 52.5 Å². The number of piperidine rings is 1. The van der Waals surface area contributed by atoms with Crippen molar-refractivity contribution in [1.29, 1.82) is 0 Å². The third-order valence-corrected chi connectivity index (χ3v) is 6.40. The molecule has 4 rings (SSSR count). The maximum atomic E-state index is 12.8. The number of nitrogens with zero attached hydrogens (tertiary/aromatic N) is 5. The zero-order chi connectivity index (χ0) is 17.9. The van der Waals surface area contributed by atoms with Crippen LogP contribution < -0.4 is 0 Å². The summed E-state index contributed by atoms with van der Waals surface area (Å²) < 4.78 is 9.35. The van der Waals surface area contributed by atoms with Gasteiger partial charge >= 0.3 is 0 Å². The minimum atomic E-state index is 0.0652. The van der Waals surface area contributed by atoms with Gasteiger partial charge < -0.3 is 9.32 Å². The Kier molecular flexibility index (Phi) is 5.07. The van der Waals surface area contributed by atoms with Crippen LogP contribution in [0.5, 0.6) is 0 Å². The summed E-state index contributed by atoms with van der Waals surface area (Å²) in [6, 6.07) is 3.74. The highest BCUT2D eigenvalue weighted by Gasteiger charge is 2.29. The topological polar surface area (TPSA) is 85.0 Å². The molecule has 0 aliphatic carbocycles. The summed E-state index contributed by atoms with van der Waals surface area (Å²) in [6.45, 7) is 3.53. The van der Waals surface area contributed by atoms with Crippen molar-refractivity contribution in [2.75, 3.05) is 13.1 Å². The number of furan rings is 1. The van der Waals surface area contributed by atoms with E-state index in [1.54, 1.807) is 17.6 Å². The molecule has 3 aromatic rings. The summed E-state index contributed by atoms with van der Waals surface area (Å²) in [4.78, 5) is 15.4. The Morgan fingerprint density at radius 2 is 2.15 bits per heavy atom. The van der Waals surface area contributed by atoms with Crippen molar-refractivity contribution in [3.05, 3.63) is 34.0 Å². The molecule has 1 saturated heterocycles. The number of rotatable bonds is 5. The lowest BCUT2D eigenvalue weighted by atomic mass is 9.97. The fourth-order valence-corrected chi connectivity index (χ4v) is 4.80. The molecular weight excluding hydrogens is 370 g/mol. The predicted molar refractivity (Wildman–Crippen MR) is 99.4 cm³/mol. The van der Waals surface area contributed by atoms with Crippen LogP contribution in [0, 0.1) is 0 Å². The lowest BCUT2D eigenvalue weighted by Crippen LogP contribution is -2.38. The van der Waals surface area contributed by atoms with Crippen LogP contribution in [0.2, 0.25) is 0 Å². The van der Waals surface area contributed by atoms with Gasteiger partial charge in [0, 0.05) is 19.0 Å². The first kappa shape index (κ1) is 17.3. The van der Waals surface area contributed by atoms with E-state index in [0.29, 0.717) is 10.8 Å². The van der Waals surface area contributed by atoms with Crippen LogP contribution in [0.4, 0.5) is 0 Å². The molecule has 136 valence electrons. The van der Waals surface area contributed by atoms with Gasteiger partial charge in [-0.25, -0.2) is 0 Å². The minimum absolute atomic E-state index is 0.0652. The molecule has 26 heavy (non-hydrogen) atoms. The Bertz CT molecular complexity index is 865. The standard InChI is InChI=1S/C17H19N5O2S2/c1-2-4-12-14(26-21-18-12)17(23)22-8-6-11(7-9-22)15-19-20-16(25-15)13-5-3-10-24-13/h3,5,10-11H,2,4,6-9H2,1H3. The van der Waals surface area contributed by atoms with Crippen LogP contribution in [0.3, 0.4) is 0 Å². The smallest absolute Gasteiger partial charge is 0.267 e. The summed E-state index contributed by atoms with van der Waals surface area (Å²) in [5.74, 6) is 1.16. The molecule has 1 amide bonds. The Labute approximate surface area is 159 Å². The maximum absolute atomic E-state index is 12.8. The molecule has 0 atom stereocenters. The zero-order valence-electron chi connectivity index (χ0n) is 14.4. The molecule has 1 aliphatic heterocycles. The van der Waals surface area contributed by atoms with E-state index in [0.717, 1.165) is 60.2 Å². The average Bonchev–Trinajstić information content (AvgIpc) is 3.42. The summed E-state index contributed by atoms with van der Waals surface area (Å²) in [5.41, 5.74) is 0.830. The summed E-state index contributed by atoms with van der Waals surface area (Å²) in [7, 11) is 0. The molecule has 0 N–H and O–H groups in total. The first-order valence-electron chi connectivity index (χ1n) is 8.74. The molecule has 0 radical (unpaired) electrons. The predicted octanol–water partition coefficient (Wildman–Crippen LogP) is 3.62. The number of carbonyl (C=O) groups is 1. The van der Waals surface area contributed by atoms with Crippen LogP contribution in [-0.2, 0) is 6.42 Å². The van der Waals surface area contributed by atoms with E-state index < -0.39 is 0 Å². The molecule has 0 unspecified atom stereocenters. The normalized spacial score (nSPS) is 15.5. The molecule has 0 spiro atoms. The van der Waals surface area contributed by atoms with Gasteiger partial charge in [-0.05, 0) is 42.9 Å². The first-order valence-corrected chi connectivity index (χ1v) is 10.3. The molecule has 0 bridgehead atoms. The van der Waals surface area contributed by atoms with Gasteiger partial charge in [0.15, 0.2) is 10.8 Å². The zero-order valence-corrected chi connectivity index (χ0v) is 16.1. The van der Waals surface area contributed by atoms with E-state index in [9.17, 15) is 4.79 Å². The number of hydrogen-bond donors (Lipinski definition) is 0. The molecule has 3 aromatic heterocycles. The van der Waals surface area contributed by atoms with E-state index in [1.165, 1.54) is 11.5 Å². The molecule has 9 heteroatoms. The lowest BCUT2D eigenvalue weighted by Gasteiger charge is -2.30. The number of aryl methyl sites for hydroxylation is 1. The van der Waals surface area contributed by atoms with Crippen molar-refractivity contribution in [2.45, 2.75) is 38.5 Å². The van der Waals surface area contributed by atoms with Crippen molar-refractivity contribution in [2.24, 2.45) is 0 Å². The van der Waals surface area contributed by atoms with Crippen molar-refractivity contribution in [3.8, 4) is 10.8 Å². The molecule has 7 nitrogen and oxygen atoms in total. The molecule has 1 aliphatic rings. The quantitative estimate of drug-likeness (QED) is 0.662. The molecule has 0 aromatic carbocycles. The lowest BCUT2D eigenvalue weighted by molar-refractivity contribution is 0.0716. The van der Waals surface area contributed by atoms with Gasteiger partial charge in [0.1, 0.15) is 9.88 Å². The minimum Gasteiger partial charge on any atom is -0.462 e. The van der Waals surface area contributed by atoms with Gasteiger partial charge in [0.25, 0.3) is 5.91 Å². The van der Waals surface area contributed by atoms with Crippen molar-refractivity contribution in [3.63, 3.8) is 0 Å². The number of amides is 1.